The first-order chi connectivity index (χ1) is 12.6. The quantitative estimate of drug-likeness (QED) is 0.669. The Morgan fingerprint density at radius 2 is 1.38 bits per heavy atom. The molecule has 3 aromatic rings. The highest BCUT2D eigenvalue weighted by Gasteiger charge is 2.16. The fourth-order valence-electron chi connectivity index (χ4n) is 3.00. The van der Waals surface area contributed by atoms with Crippen LogP contribution in [0.15, 0.2) is 66.7 Å². The third-order valence-corrected chi connectivity index (χ3v) is 4.60. The van der Waals surface area contributed by atoms with Crippen molar-refractivity contribution in [1.82, 2.24) is 0 Å². The number of hydrogen-bond acceptors (Lipinski definition) is 2. The standard InChI is InChI=1S/C23H22O3/c1-16-8-3-5-10-18(16)14-19-12-7-13-21(23(24)25)22(19)26-15-20-11-6-4-9-17(20)2/h3-13H,14-15H2,1-2H3,(H,24,25). The molecule has 3 aromatic carbocycles. The highest BCUT2D eigenvalue weighted by Crippen LogP contribution is 2.28. The third-order valence-electron chi connectivity index (χ3n) is 4.60. The lowest BCUT2D eigenvalue weighted by atomic mass is 9.98. The van der Waals surface area contributed by atoms with E-state index in [9.17, 15) is 9.90 Å². The lowest BCUT2D eigenvalue weighted by Crippen LogP contribution is -2.07. The molecule has 0 bridgehead atoms. The van der Waals surface area contributed by atoms with E-state index >= 15 is 0 Å². The van der Waals surface area contributed by atoms with Gasteiger partial charge in [-0.05, 0) is 47.7 Å². The smallest absolute Gasteiger partial charge is 0.339 e. The molecule has 0 heterocycles. The Bertz CT molecular complexity index is 928. The van der Waals surface area contributed by atoms with Gasteiger partial charge in [-0.15, -0.1) is 0 Å². The second kappa shape index (κ2) is 7.87. The number of ether oxygens (including phenoxy) is 1. The van der Waals surface area contributed by atoms with Gasteiger partial charge in [0, 0.05) is 6.42 Å². The Morgan fingerprint density at radius 3 is 2.00 bits per heavy atom. The van der Waals surface area contributed by atoms with E-state index in [-0.39, 0.29) is 5.56 Å². The van der Waals surface area contributed by atoms with Gasteiger partial charge in [0.25, 0.3) is 0 Å². The number of rotatable bonds is 6. The molecule has 0 fully saturated rings. The van der Waals surface area contributed by atoms with Crippen molar-refractivity contribution < 1.29 is 14.6 Å². The number of aromatic carboxylic acids is 1. The van der Waals surface area contributed by atoms with Crippen LogP contribution < -0.4 is 4.74 Å². The van der Waals surface area contributed by atoms with Crippen molar-refractivity contribution in [3.05, 3.63) is 100 Å². The van der Waals surface area contributed by atoms with Crippen LogP contribution in [0.4, 0.5) is 0 Å². The van der Waals surface area contributed by atoms with Crippen LogP contribution in [0.2, 0.25) is 0 Å². The lowest BCUT2D eigenvalue weighted by Gasteiger charge is -2.16. The third kappa shape index (κ3) is 3.94. The maximum atomic E-state index is 11.7. The molecule has 0 aromatic heterocycles. The molecule has 132 valence electrons. The highest BCUT2D eigenvalue weighted by molar-refractivity contribution is 5.91. The van der Waals surface area contributed by atoms with E-state index in [1.54, 1.807) is 12.1 Å². The van der Waals surface area contributed by atoms with E-state index in [1.807, 2.05) is 49.4 Å². The largest absolute Gasteiger partial charge is 0.488 e. The summed E-state index contributed by atoms with van der Waals surface area (Å²) in [5.41, 5.74) is 5.60. The molecule has 3 nitrogen and oxygen atoms in total. The molecule has 1 N–H and O–H groups in total. The molecular weight excluding hydrogens is 324 g/mol. The van der Waals surface area contributed by atoms with Crippen LogP contribution in [0, 0.1) is 13.8 Å². The molecule has 3 heteroatoms. The van der Waals surface area contributed by atoms with E-state index < -0.39 is 5.97 Å². The second-order valence-corrected chi connectivity index (χ2v) is 6.42. The van der Waals surface area contributed by atoms with Gasteiger partial charge in [-0.1, -0.05) is 60.7 Å². The molecule has 3 rings (SSSR count). The molecule has 0 saturated heterocycles. The van der Waals surface area contributed by atoms with Crippen molar-refractivity contribution in [2.75, 3.05) is 0 Å². The van der Waals surface area contributed by atoms with Crippen LogP contribution in [0.3, 0.4) is 0 Å². The first kappa shape index (κ1) is 17.7. The zero-order chi connectivity index (χ0) is 18.5. The summed E-state index contributed by atoms with van der Waals surface area (Å²) in [6, 6.07) is 21.4. The predicted molar refractivity (Wildman–Crippen MR) is 103 cm³/mol. The van der Waals surface area contributed by atoms with Gasteiger partial charge in [-0.25, -0.2) is 4.79 Å². The first-order valence-corrected chi connectivity index (χ1v) is 8.63. The van der Waals surface area contributed by atoms with Gasteiger partial charge >= 0.3 is 5.97 Å². The fourth-order valence-corrected chi connectivity index (χ4v) is 3.00. The minimum atomic E-state index is -0.976. The van der Waals surface area contributed by atoms with Crippen molar-refractivity contribution in [2.45, 2.75) is 26.9 Å². The van der Waals surface area contributed by atoms with Crippen LogP contribution in [-0.2, 0) is 13.0 Å². The molecule has 0 radical (unpaired) electrons. The molecular formula is C23H22O3. The van der Waals surface area contributed by atoms with Crippen LogP contribution in [-0.4, -0.2) is 11.1 Å². The van der Waals surface area contributed by atoms with Crippen LogP contribution in [0.25, 0.3) is 0 Å². The van der Waals surface area contributed by atoms with E-state index in [0.29, 0.717) is 18.8 Å². The number of carbonyl (C=O) groups is 1. The van der Waals surface area contributed by atoms with Gasteiger partial charge < -0.3 is 9.84 Å². The summed E-state index contributed by atoms with van der Waals surface area (Å²) >= 11 is 0. The summed E-state index contributed by atoms with van der Waals surface area (Å²) in [4.78, 5) is 11.7. The van der Waals surface area contributed by atoms with Crippen LogP contribution in [0.1, 0.15) is 38.2 Å². The molecule has 0 unspecified atom stereocenters. The Kier molecular flexibility index (Phi) is 5.37. The molecule has 26 heavy (non-hydrogen) atoms. The summed E-state index contributed by atoms with van der Waals surface area (Å²) in [5, 5.41) is 9.58. The minimum absolute atomic E-state index is 0.199. The summed E-state index contributed by atoms with van der Waals surface area (Å²) < 4.78 is 6.03. The van der Waals surface area contributed by atoms with Gasteiger partial charge in [0.1, 0.15) is 17.9 Å². The second-order valence-electron chi connectivity index (χ2n) is 6.42. The van der Waals surface area contributed by atoms with E-state index in [2.05, 4.69) is 19.1 Å². The molecule has 0 aliphatic carbocycles. The van der Waals surface area contributed by atoms with Gasteiger partial charge in [0.15, 0.2) is 0 Å². The minimum Gasteiger partial charge on any atom is -0.488 e. The Labute approximate surface area is 153 Å². The van der Waals surface area contributed by atoms with E-state index in [1.165, 1.54) is 5.56 Å². The molecule has 0 spiro atoms. The van der Waals surface area contributed by atoms with Crippen molar-refractivity contribution >= 4 is 5.97 Å². The zero-order valence-corrected chi connectivity index (χ0v) is 15.0. The lowest BCUT2D eigenvalue weighted by molar-refractivity contribution is 0.0691. The average molecular weight is 346 g/mol. The van der Waals surface area contributed by atoms with Crippen LogP contribution >= 0.6 is 0 Å². The summed E-state index contributed by atoms with van der Waals surface area (Å²) in [6.07, 6.45) is 0.636. The Morgan fingerprint density at radius 1 is 0.808 bits per heavy atom. The van der Waals surface area contributed by atoms with Gasteiger partial charge in [0.2, 0.25) is 0 Å². The number of benzene rings is 3. The zero-order valence-electron chi connectivity index (χ0n) is 15.0. The van der Waals surface area contributed by atoms with Crippen LogP contribution in [0.5, 0.6) is 5.75 Å². The molecule has 0 amide bonds. The monoisotopic (exact) mass is 346 g/mol. The number of carboxylic acid groups (broad SMARTS) is 1. The summed E-state index contributed by atoms with van der Waals surface area (Å²) in [5.74, 6) is -0.525. The van der Waals surface area contributed by atoms with Crippen molar-refractivity contribution in [3.8, 4) is 5.75 Å². The average Bonchev–Trinajstić information content (AvgIpc) is 2.63. The number of carboxylic acids is 1. The molecule has 0 saturated carbocycles. The fraction of sp³-hybridized carbons (Fsp3) is 0.174. The van der Waals surface area contributed by atoms with Gasteiger partial charge in [0.05, 0.1) is 0 Å². The topological polar surface area (TPSA) is 46.5 Å². The van der Waals surface area contributed by atoms with Crippen molar-refractivity contribution in [2.24, 2.45) is 0 Å². The first-order valence-electron chi connectivity index (χ1n) is 8.63. The summed E-state index contributed by atoms with van der Waals surface area (Å²) in [7, 11) is 0. The molecule has 0 aliphatic heterocycles. The summed E-state index contributed by atoms with van der Waals surface area (Å²) in [6.45, 7) is 4.43. The van der Waals surface area contributed by atoms with Crippen molar-refractivity contribution in [1.29, 1.82) is 0 Å². The Hall–Kier alpha value is -3.07. The predicted octanol–water partition coefficient (Wildman–Crippen LogP) is 5.17. The van der Waals surface area contributed by atoms with Gasteiger partial charge in [-0.3, -0.25) is 0 Å². The Balaban J connectivity index is 1.95. The maximum Gasteiger partial charge on any atom is 0.339 e. The highest BCUT2D eigenvalue weighted by atomic mass is 16.5. The van der Waals surface area contributed by atoms with Crippen molar-refractivity contribution in [3.63, 3.8) is 0 Å². The number of aryl methyl sites for hydroxylation is 2. The number of hydrogen-bond donors (Lipinski definition) is 1. The van der Waals surface area contributed by atoms with E-state index in [4.69, 9.17) is 4.74 Å². The maximum absolute atomic E-state index is 11.7. The van der Waals surface area contributed by atoms with E-state index in [0.717, 1.165) is 22.3 Å². The molecule has 0 aliphatic rings. The van der Waals surface area contributed by atoms with Gasteiger partial charge in [-0.2, -0.15) is 0 Å². The normalized spacial score (nSPS) is 10.5. The number of para-hydroxylation sites is 1. The molecule has 0 atom stereocenters. The SMILES string of the molecule is Cc1ccccc1COc1c(Cc2ccccc2C)cccc1C(=O)O.